The molecule has 2 N–H and O–H groups in total. The van der Waals surface area contributed by atoms with Crippen LogP contribution in [-0.4, -0.2) is 22.0 Å². The van der Waals surface area contributed by atoms with Crippen LogP contribution in [0.3, 0.4) is 0 Å². The fraction of sp³-hybridized carbons (Fsp3) is 0.267. The minimum absolute atomic E-state index is 0.129. The Morgan fingerprint density at radius 2 is 1.90 bits per heavy atom. The molecular formula is C15H16N2O3S. The second-order valence-corrected chi connectivity index (χ2v) is 5.53. The maximum Gasteiger partial charge on any atom is 0.335 e. The molecule has 0 bridgehead atoms. The molecule has 0 fully saturated rings. The van der Waals surface area contributed by atoms with E-state index in [1.54, 1.807) is 0 Å². The van der Waals surface area contributed by atoms with Crippen LogP contribution in [-0.2, 0) is 0 Å². The average molecular weight is 304 g/mol. The maximum atomic E-state index is 12.2. The van der Waals surface area contributed by atoms with Gasteiger partial charge in [-0.25, -0.2) is 9.78 Å². The van der Waals surface area contributed by atoms with Crippen molar-refractivity contribution in [1.29, 1.82) is 0 Å². The summed E-state index contributed by atoms with van der Waals surface area (Å²) in [5, 5.41) is 14.6. The van der Waals surface area contributed by atoms with Crippen molar-refractivity contribution in [2.45, 2.75) is 26.3 Å². The number of amides is 1. The Labute approximate surface area is 126 Å². The van der Waals surface area contributed by atoms with E-state index in [-0.39, 0.29) is 17.5 Å². The highest BCUT2D eigenvalue weighted by Crippen LogP contribution is 2.21. The Morgan fingerprint density at radius 3 is 2.38 bits per heavy atom. The zero-order chi connectivity index (χ0) is 15.4. The van der Waals surface area contributed by atoms with Crippen LogP contribution in [0.1, 0.15) is 50.8 Å². The molecule has 1 heterocycles. The van der Waals surface area contributed by atoms with Crippen LogP contribution >= 0.6 is 11.3 Å². The lowest BCUT2D eigenvalue weighted by Crippen LogP contribution is -2.28. The number of nitrogens with zero attached hydrogens (tertiary/aromatic N) is 1. The van der Waals surface area contributed by atoms with Gasteiger partial charge in [-0.15, -0.1) is 11.3 Å². The SMILES string of the molecule is CCC(NC(=O)c1ccc(C(=O)O)cc1)c1nc(C)cs1. The Bertz CT molecular complexity index is 649. The minimum atomic E-state index is -1.01. The van der Waals surface area contributed by atoms with E-state index in [9.17, 15) is 9.59 Å². The molecule has 0 saturated heterocycles. The standard InChI is InChI=1S/C15H16N2O3S/c1-3-12(14-16-9(2)8-21-14)17-13(18)10-4-6-11(7-5-10)15(19)20/h4-8,12H,3H2,1-2H3,(H,17,18)(H,19,20). The number of hydrogen-bond donors (Lipinski definition) is 2. The summed E-state index contributed by atoms with van der Waals surface area (Å²) < 4.78 is 0. The van der Waals surface area contributed by atoms with Crippen molar-refractivity contribution in [3.05, 3.63) is 51.5 Å². The molecule has 1 aromatic carbocycles. The number of thiazole rings is 1. The number of benzene rings is 1. The molecule has 0 radical (unpaired) electrons. The second kappa shape index (κ2) is 6.49. The normalized spacial score (nSPS) is 11.9. The van der Waals surface area contributed by atoms with E-state index >= 15 is 0 Å². The third kappa shape index (κ3) is 3.66. The second-order valence-electron chi connectivity index (χ2n) is 4.64. The number of aromatic carboxylic acids is 1. The van der Waals surface area contributed by atoms with Crippen LogP contribution in [0, 0.1) is 6.92 Å². The topological polar surface area (TPSA) is 79.3 Å². The van der Waals surface area contributed by atoms with Gasteiger partial charge in [0, 0.05) is 16.6 Å². The van der Waals surface area contributed by atoms with E-state index in [2.05, 4.69) is 10.3 Å². The molecular weight excluding hydrogens is 288 g/mol. The van der Waals surface area contributed by atoms with Crippen molar-refractivity contribution in [1.82, 2.24) is 10.3 Å². The number of carbonyl (C=O) groups excluding carboxylic acids is 1. The van der Waals surface area contributed by atoms with Crippen LogP contribution in [0.5, 0.6) is 0 Å². The van der Waals surface area contributed by atoms with Crippen molar-refractivity contribution in [3.63, 3.8) is 0 Å². The fourth-order valence-corrected chi connectivity index (χ4v) is 2.81. The Balaban J connectivity index is 2.10. The summed E-state index contributed by atoms with van der Waals surface area (Å²) in [6.07, 6.45) is 0.742. The van der Waals surface area contributed by atoms with Gasteiger partial charge in [-0.3, -0.25) is 4.79 Å². The fourth-order valence-electron chi connectivity index (χ4n) is 1.88. The first kappa shape index (κ1) is 15.2. The molecule has 0 saturated carbocycles. The molecule has 0 aliphatic rings. The van der Waals surface area contributed by atoms with Crippen LogP contribution in [0.25, 0.3) is 0 Å². The summed E-state index contributed by atoms with van der Waals surface area (Å²) in [4.78, 5) is 27.4. The molecule has 2 aromatic rings. The number of carbonyl (C=O) groups is 2. The number of carboxylic acids is 1. The molecule has 2 rings (SSSR count). The van der Waals surface area contributed by atoms with E-state index in [4.69, 9.17) is 5.11 Å². The summed E-state index contributed by atoms with van der Waals surface area (Å²) >= 11 is 1.52. The molecule has 1 atom stereocenters. The predicted octanol–water partition coefficient (Wildman–Crippen LogP) is 3.03. The van der Waals surface area contributed by atoms with Crippen molar-refractivity contribution in [2.24, 2.45) is 0 Å². The zero-order valence-corrected chi connectivity index (χ0v) is 12.6. The van der Waals surface area contributed by atoms with E-state index in [1.807, 2.05) is 19.2 Å². The highest BCUT2D eigenvalue weighted by Gasteiger charge is 2.17. The van der Waals surface area contributed by atoms with E-state index in [0.717, 1.165) is 17.1 Å². The van der Waals surface area contributed by atoms with Gasteiger partial charge in [0.15, 0.2) is 0 Å². The van der Waals surface area contributed by atoms with Crippen LogP contribution in [0.15, 0.2) is 29.6 Å². The smallest absolute Gasteiger partial charge is 0.335 e. The first-order valence-electron chi connectivity index (χ1n) is 6.57. The van der Waals surface area contributed by atoms with Gasteiger partial charge >= 0.3 is 5.97 Å². The summed E-state index contributed by atoms with van der Waals surface area (Å²) in [6.45, 7) is 3.90. The van der Waals surface area contributed by atoms with Gasteiger partial charge in [0.25, 0.3) is 5.91 Å². The third-order valence-electron chi connectivity index (χ3n) is 3.04. The third-order valence-corrected chi connectivity index (χ3v) is 4.12. The molecule has 1 aromatic heterocycles. The summed E-state index contributed by atoms with van der Waals surface area (Å²) in [5.41, 5.74) is 1.54. The number of carboxylic acid groups (broad SMARTS) is 1. The van der Waals surface area contributed by atoms with Gasteiger partial charge in [0.1, 0.15) is 5.01 Å². The van der Waals surface area contributed by atoms with Gasteiger partial charge in [-0.05, 0) is 37.6 Å². The van der Waals surface area contributed by atoms with Crippen LogP contribution in [0.4, 0.5) is 0 Å². The summed E-state index contributed by atoms with van der Waals surface area (Å²) in [6, 6.07) is 5.74. The lowest BCUT2D eigenvalue weighted by Gasteiger charge is -2.14. The molecule has 21 heavy (non-hydrogen) atoms. The van der Waals surface area contributed by atoms with E-state index in [1.165, 1.54) is 35.6 Å². The zero-order valence-electron chi connectivity index (χ0n) is 11.8. The quantitative estimate of drug-likeness (QED) is 0.890. The first-order chi connectivity index (χ1) is 10.0. The van der Waals surface area contributed by atoms with E-state index < -0.39 is 5.97 Å². The van der Waals surface area contributed by atoms with Crippen LogP contribution in [0.2, 0.25) is 0 Å². The Kier molecular flexibility index (Phi) is 4.70. The average Bonchev–Trinajstić information content (AvgIpc) is 2.91. The number of aromatic nitrogens is 1. The first-order valence-corrected chi connectivity index (χ1v) is 7.45. The molecule has 1 amide bonds. The lowest BCUT2D eigenvalue weighted by atomic mass is 10.1. The number of nitrogens with one attached hydrogen (secondary N) is 1. The minimum Gasteiger partial charge on any atom is -0.478 e. The lowest BCUT2D eigenvalue weighted by molar-refractivity contribution is 0.0696. The highest BCUT2D eigenvalue weighted by atomic mass is 32.1. The molecule has 1 unspecified atom stereocenters. The summed E-state index contributed by atoms with van der Waals surface area (Å²) in [5.74, 6) is -1.24. The molecule has 110 valence electrons. The maximum absolute atomic E-state index is 12.2. The molecule has 6 heteroatoms. The number of aryl methyl sites for hydroxylation is 1. The van der Waals surface area contributed by atoms with Gasteiger partial charge in [0.05, 0.1) is 11.6 Å². The largest absolute Gasteiger partial charge is 0.478 e. The van der Waals surface area contributed by atoms with Gasteiger partial charge in [0.2, 0.25) is 0 Å². The molecule has 0 spiro atoms. The van der Waals surface area contributed by atoms with Crippen LogP contribution < -0.4 is 5.32 Å². The Morgan fingerprint density at radius 1 is 1.29 bits per heavy atom. The number of rotatable bonds is 5. The van der Waals surface area contributed by atoms with Gasteiger partial charge in [-0.2, -0.15) is 0 Å². The van der Waals surface area contributed by atoms with Crippen molar-refractivity contribution < 1.29 is 14.7 Å². The van der Waals surface area contributed by atoms with Gasteiger partial charge < -0.3 is 10.4 Å². The highest BCUT2D eigenvalue weighted by molar-refractivity contribution is 7.09. The number of hydrogen-bond acceptors (Lipinski definition) is 4. The van der Waals surface area contributed by atoms with Gasteiger partial charge in [-0.1, -0.05) is 6.92 Å². The monoisotopic (exact) mass is 304 g/mol. The predicted molar refractivity (Wildman–Crippen MR) is 80.8 cm³/mol. The van der Waals surface area contributed by atoms with Crippen molar-refractivity contribution in [2.75, 3.05) is 0 Å². The summed E-state index contributed by atoms with van der Waals surface area (Å²) in [7, 11) is 0. The Hall–Kier alpha value is -2.21. The molecule has 5 nitrogen and oxygen atoms in total. The molecule has 0 aliphatic heterocycles. The van der Waals surface area contributed by atoms with Crippen molar-refractivity contribution >= 4 is 23.2 Å². The van der Waals surface area contributed by atoms with Crippen molar-refractivity contribution in [3.8, 4) is 0 Å². The molecule has 0 aliphatic carbocycles. The van der Waals surface area contributed by atoms with E-state index in [0.29, 0.717) is 5.56 Å².